The van der Waals surface area contributed by atoms with E-state index in [0.717, 1.165) is 10.1 Å². The Bertz CT molecular complexity index is 1440. The fourth-order valence-corrected chi connectivity index (χ4v) is 4.09. The van der Waals surface area contributed by atoms with Gasteiger partial charge in [0, 0.05) is 43.3 Å². The van der Waals surface area contributed by atoms with Gasteiger partial charge in [0.2, 0.25) is 5.95 Å². The maximum atomic E-state index is 14.6. The van der Waals surface area contributed by atoms with E-state index in [9.17, 15) is 14.0 Å². The third kappa shape index (κ3) is 3.69. The topological polar surface area (TPSA) is 65.1 Å². The van der Waals surface area contributed by atoms with Crippen molar-refractivity contribution in [3.05, 3.63) is 90.3 Å². The van der Waals surface area contributed by atoms with E-state index in [1.807, 2.05) is 18.2 Å². The smallest absolute Gasteiger partial charge is 0.332 e. The first-order valence-electron chi connectivity index (χ1n) is 9.74. The molecule has 2 aromatic heterocycles. The van der Waals surface area contributed by atoms with Gasteiger partial charge in [0.1, 0.15) is 5.82 Å². The molecule has 0 radical (unpaired) electrons. The average Bonchev–Trinajstić information content (AvgIpc) is 3.14. The summed E-state index contributed by atoms with van der Waals surface area (Å²) in [5.41, 5.74) is 0.413. The van der Waals surface area contributed by atoms with Gasteiger partial charge in [-0.15, -0.1) is 0 Å². The summed E-state index contributed by atoms with van der Waals surface area (Å²) >= 11 is 12.6. The molecule has 7 nitrogen and oxygen atoms in total. The van der Waals surface area contributed by atoms with Crippen LogP contribution in [0.1, 0.15) is 11.1 Å². The zero-order valence-corrected chi connectivity index (χ0v) is 19.2. The average molecular weight is 476 g/mol. The summed E-state index contributed by atoms with van der Waals surface area (Å²) in [6, 6.07) is 11.8. The van der Waals surface area contributed by atoms with Crippen LogP contribution in [0.25, 0.3) is 11.2 Å². The van der Waals surface area contributed by atoms with E-state index in [4.69, 9.17) is 23.2 Å². The van der Waals surface area contributed by atoms with Gasteiger partial charge in [-0.1, -0.05) is 47.5 Å². The van der Waals surface area contributed by atoms with Gasteiger partial charge < -0.3 is 4.90 Å². The summed E-state index contributed by atoms with van der Waals surface area (Å²) in [6.45, 7) is 0.333. The summed E-state index contributed by atoms with van der Waals surface area (Å²) < 4.78 is 18.5. The minimum Gasteiger partial charge on any atom is -0.341 e. The first kappa shape index (κ1) is 22.1. The molecule has 0 atom stereocenters. The van der Waals surface area contributed by atoms with Gasteiger partial charge in [-0.3, -0.25) is 18.5 Å². The lowest BCUT2D eigenvalue weighted by atomic mass is 10.2. The lowest BCUT2D eigenvalue weighted by Crippen LogP contribution is -2.37. The lowest BCUT2D eigenvalue weighted by molar-refractivity contribution is 0.600. The van der Waals surface area contributed by atoms with Gasteiger partial charge in [0.15, 0.2) is 11.2 Å². The van der Waals surface area contributed by atoms with Crippen LogP contribution >= 0.6 is 23.2 Å². The number of rotatable bonds is 5. The van der Waals surface area contributed by atoms with E-state index in [2.05, 4.69) is 4.98 Å². The van der Waals surface area contributed by atoms with Gasteiger partial charge in [0.25, 0.3) is 5.56 Å². The van der Waals surface area contributed by atoms with Crippen LogP contribution in [0.5, 0.6) is 0 Å². The van der Waals surface area contributed by atoms with Crippen molar-refractivity contribution in [2.75, 3.05) is 11.9 Å². The second kappa shape index (κ2) is 8.44. The second-order valence-corrected chi connectivity index (χ2v) is 8.34. The van der Waals surface area contributed by atoms with E-state index in [1.54, 1.807) is 28.6 Å². The molecular formula is C22H20Cl2FN5O2. The standard InChI is InChI=1S/C22H20Cl2FN5O2/c1-27(11-13-7-4-5-8-15(13)23)21-26-19-18(20(31)29(3)22(32)28(19)2)30(21)12-14-16(24)9-6-10-17(14)25/h4-10H,11-12H2,1-3H3. The molecule has 0 aliphatic rings. The Kier molecular flexibility index (Phi) is 5.83. The van der Waals surface area contributed by atoms with Gasteiger partial charge >= 0.3 is 5.69 Å². The largest absolute Gasteiger partial charge is 0.341 e. The predicted octanol–water partition coefficient (Wildman–Crippen LogP) is 3.56. The van der Waals surface area contributed by atoms with Crippen molar-refractivity contribution in [1.29, 1.82) is 0 Å². The van der Waals surface area contributed by atoms with Crippen molar-refractivity contribution in [2.45, 2.75) is 13.1 Å². The maximum absolute atomic E-state index is 14.6. The zero-order chi connectivity index (χ0) is 23.2. The first-order valence-corrected chi connectivity index (χ1v) is 10.5. The second-order valence-electron chi connectivity index (χ2n) is 7.52. The molecule has 0 saturated carbocycles. The van der Waals surface area contributed by atoms with Crippen LogP contribution < -0.4 is 16.1 Å². The van der Waals surface area contributed by atoms with Crippen molar-refractivity contribution < 1.29 is 4.39 Å². The third-order valence-corrected chi connectivity index (χ3v) is 6.14. The van der Waals surface area contributed by atoms with Gasteiger partial charge in [-0.2, -0.15) is 4.98 Å². The Hall–Kier alpha value is -3.10. The molecule has 0 bridgehead atoms. The molecule has 2 aromatic carbocycles. The molecule has 4 aromatic rings. The van der Waals surface area contributed by atoms with Crippen molar-refractivity contribution in [1.82, 2.24) is 18.7 Å². The van der Waals surface area contributed by atoms with Gasteiger partial charge in [-0.05, 0) is 23.8 Å². The van der Waals surface area contributed by atoms with Gasteiger partial charge in [0.05, 0.1) is 6.54 Å². The van der Waals surface area contributed by atoms with Crippen LogP contribution in [0.3, 0.4) is 0 Å². The number of imidazole rings is 1. The normalized spacial score (nSPS) is 11.3. The van der Waals surface area contributed by atoms with Crippen LogP contribution in [-0.4, -0.2) is 25.7 Å². The molecule has 0 unspecified atom stereocenters. The summed E-state index contributed by atoms with van der Waals surface area (Å²) in [5.74, 6) is -0.127. The summed E-state index contributed by atoms with van der Waals surface area (Å²) in [4.78, 5) is 31.9. The third-order valence-electron chi connectivity index (χ3n) is 5.41. The number of aromatic nitrogens is 4. The highest BCUT2D eigenvalue weighted by Gasteiger charge is 2.23. The Morgan fingerprint density at radius 2 is 1.69 bits per heavy atom. The number of anilines is 1. The molecule has 32 heavy (non-hydrogen) atoms. The van der Waals surface area contributed by atoms with Crippen LogP contribution in [0, 0.1) is 5.82 Å². The fraction of sp³-hybridized carbons (Fsp3) is 0.227. The van der Waals surface area contributed by atoms with Crippen LogP contribution in [0.4, 0.5) is 10.3 Å². The fourth-order valence-electron chi connectivity index (χ4n) is 3.67. The first-order chi connectivity index (χ1) is 15.2. The van der Waals surface area contributed by atoms with Crippen molar-refractivity contribution >= 4 is 40.3 Å². The van der Waals surface area contributed by atoms with Crippen LogP contribution in [0.15, 0.2) is 52.1 Å². The number of benzene rings is 2. The number of hydrogen-bond donors (Lipinski definition) is 0. The quantitative estimate of drug-likeness (QED) is 0.442. The molecule has 0 aliphatic carbocycles. The summed E-state index contributed by atoms with van der Waals surface area (Å²) in [5, 5.41) is 0.815. The molecule has 0 spiro atoms. The van der Waals surface area contributed by atoms with E-state index in [1.165, 1.54) is 30.8 Å². The zero-order valence-electron chi connectivity index (χ0n) is 17.6. The molecule has 166 valence electrons. The monoisotopic (exact) mass is 475 g/mol. The molecule has 0 N–H and O–H groups in total. The molecule has 0 amide bonds. The predicted molar refractivity (Wildman–Crippen MR) is 124 cm³/mol. The van der Waals surface area contributed by atoms with E-state index < -0.39 is 17.1 Å². The number of aryl methyl sites for hydroxylation is 1. The summed E-state index contributed by atoms with van der Waals surface area (Å²) in [7, 11) is 4.71. The van der Waals surface area contributed by atoms with Crippen LogP contribution in [0.2, 0.25) is 10.0 Å². The molecule has 0 aliphatic heterocycles. The number of nitrogens with zero attached hydrogens (tertiary/aromatic N) is 5. The van der Waals surface area contributed by atoms with Crippen LogP contribution in [-0.2, 0) is 27.2 Å². The molecule has 0 saturated heterocycles. The van der Waals surface area contributed by atoms with Crippen molar-refractivity contribution in [3.8, 4) is 0 Å². The number of halogens is 3. The van der Waals surface area contributed by atoms with Crippen molar-refractivity contribution in [3.63, 3.8) is 0 Å². The highest BCUT2D eigenvalue weighted by molar-refractivity contribution is 6.31. The number of hydrogen-bond acceptors (Lipinski definition) is 4. The van der Waals surface area contributed by atoms with E-state index >= 15 is 0 Å². The molecule has 2 heterocycles. The Morgan fingerprint density at radius 1 is 1.00 bits per heavy atom. The van der Waals surface area contributed by atoms with Gasteiger partial charge in [-0.25, -0.2) is 9.18 Å². The summed E-state index contributed by atoms with van der Waals surface area (Å²) in [6.07, 6.45) is 0. The Morgan fingerprint density at radius 3 is 2.38 bits per heavy atom. The lowest BCUT2D eigenvalue weighted by Gasteiger charge is -2.21. The molecule has 0 fully saturated rings. The van der Waals surface area contributed by atoms with E-state index in [0.29, 0.717) is 17.5 Å². The Balaban J connectivity index is 1.96. The molecule has 4 rings (SSSR count). The minimum atomic E-state index is -0.527. The van der Waals surface area contributed by atoms with Crippen molar-refractivity contribution in [2.24, 2.45) is 14.1 Å². The molecule has 10 heteroatoms. The maximum Gasteiger partial charge on any atom is 0.332 e. The van der Waals surface area contributed by atoms with E-state index in [-0.39, 0.29) is 28.3 Å². The molecular weight excluding hydrogens is 456 g/mol. The Labute approximate surface area is 192 Å². The minimum absolute atomic E-state index is 0.0440. The highest BCUT2D eigenvalue weighted by Crippen LogP contribution is 2.27. The SMILES string of the molecule is CN(Cc1ccccc1Cl)c1nc2c(c(=O)n(C)c(=O)n2C)n1Cc1c(F)cccc1Cl. The number of fused-ring (bicyclic) bond motifs is 1. The highest BCUT2D eigenvalue weighted by atomic mass is 35.5.